The van der Waals surface area contributed by atoms with Crippen LogP contribution in [0.5, 0.6) is 0 Å². The SMILES string of the molecule is Cc1cc(Br)c(F)cc1NC(C)Cc1ccccc1. The molecule has 2 aromatic rings. The van der Waals surface area contributed by atoms with Gasteiger partial charge in [0.2, 0.25) is 0 Å². The van der Waals surface area contributed by atoms with E-state index in [2.05, 4.69) is 40.3 Å². The van der Waals surface area contributed by atoms with E-state index in [1.807, 2.05) is 25.1 Å². The summed E-state index contributed by atoms with van der Waals surface area (Å²) >= 11 is 3.20. The second-order valence-corrected chi connectivity index (χ2v) is 5.67. The highest BCUT2D eigenvalue weighted by atomic mass is 79.9. The highest BCUT2D eigenvalue weighted by molar-refractivity contribution is 9.10. The Morgan fingerprint density at radius 2 is 1.89 bits per heavy atom. The molecule has 0 aliphatic heterocycles. The van der Waals surface area contributed by atoms with Gasteiger partial charge in [-0.25, -0.2) is 4.39 Å². The van der Waals surface area contributed by atoms with Gasteiger partial charge in [0.1, 0.15) is 5.82 Å². The largest absolute Gasteiger partial charge is 0.382 e. The lowest BCUT2D eigenvalue weighted by Gasteiger charge is -2.17. The summed E-state index contributed by atoms with van der Waals surface area (Å²) in [6, 6.07) is 13.9. The first-order valence-electron chi connectivity index (χ1n) is 6.32. The van der Waals surface area contributed by atoms with Crippen LogP contribution in [0.3, 0.4) is 0 Å². The summed E-state index contributed by atoms with van der Waals surface area (Å²) in [5.41, 5.74) is 3.16. The first-order valence-corrected chi connectivity index (χ1v) is 7.11. The topological polar surface area (TPSA) is 12.0 Å². The Kier molecular flexibility index (Phi) is 4.59. The molecule has 1 N–H and O–H groups in total. The molecule has 0 heterocycles. The summed E-state index contributed by atoms with van der Waals surface area (Å²) in [6.45, 7) is 4.08. The van der Waals surface area contributed by atoms with Crippen molar-refractivity contribution in [3.05, 3.63) is 63.9 Å². The second-order valence-electron chi connectivity index (χ2n) is 4.82. The summed E-state index contributed by atoms with van der Waals surface area (Å²) in [5.74, 6) is -0.236. The molecule has 1 atom stereocenters. The summed E-state index contributed by atoms with van der Waals surface area (Å²) in [5, 5.41) is 3.37. The Hall–Kier alpha value is -1.35. The summed E-state index contributed by atoms with van der Waals surface area (Å²) in [7, 11) is 0. The third kappa shape index (κ3) is 3.80. The van der Waals surface area contributed by atoms with Crippen molar-refractivity contribution in [3.63, 3.8) is 0 Å². The van der Waals surface area contributed by atoms with E-state index in [0.717, 1.165) is 17.7 Å². The van der Waals surface area contributed by atoms with Gasteiger partial charge >= 0.3 is 0 Å². The third-order valence-corrected chi connectivity index (χ3v) is 3.66. The van der Waals surface area contributed by atoms with Gasteiger partial charge in [0.15, 0.2) is 0 Å². The van der Waals surface area contributed by atoms with Gasteiger partial charge in [-0.1, -0.05) is 30.3 Å². The van der Waals surface area contributed by atoms with E-state index in [-0.39, 0.29) is 11.9 Å². The van der Waals surface area contributed by atoms with E-state index in [0.29, 0.717) is 4.47 Å². The second kappa shape index (κ2) is 6.20. The number of hydrogen-bond donors (Lipinski definition) is 1. The average molecular weight is 322 g/mol. The molecule has 0 radical (unpaired) electrons. The van der Waals surface area contributed by atoms with Gasteiger partial charge in [0.05, 0.1) is 4.47 Å². The molecule has 100 valence electrons. The van der Waals surface area contributed by atoms with Gasteiger partial charge in [0.25, 0.3) is 0 Å². The number of benzene rings is 2. The molecule has 0 spiro atoms. The minimum atomic E-state index is -0.236. The molecule has 3 heteroatoms. The van der Waals surface area contributed by atoms with Gasteiger partial charge in [-0.3, -0.25) is 0 Å². The highest BCUT2D eigenvalue weighted by Gasteiger charge is 2.08. The Morgan fingerprint density at radius 1 is 1.21 bits per heavy atom. The maximum Gasteiger partial charge on any atom is 0.139 e. The van der Waals surface area contributed by atoms with Crippen LogP contribution in [0.2, 0.25) is 0 Å². The van der Waals surface area contributed by atoms with Crippen molar-refractivity contribution >= 4 is 21.6 Å². The van der Waals surface area contributed by atoms with Crippen LogP contribution in [0.4, 0.5) is 10.1 Å². The molecule has 2 rings (SSSR count). The van der Waals surface area contributed by atoms with Crippen molar-refractivity contribution in [1.82, 2.24) is 0 Å². The first kappa shape index (κ1) is 14.1. The Morgan fingerprint density at radius 3 is 2.58 bits per heavy atom. The van der Waals surface area contributed by atoms with Crippen molar-refractivity contribution in [1.29, 1.82) is 0 Å². The number of aryl methyl sites for hydroxylation is 1. The lowest BCUT2D eigenvalue weighted by atomic mass is 10.1. The van der Waals surface area contributed by atoms with Crippen LogP contribution in [0, 0.1) is 12.7 Å². The zero-order chi connectivity index (χ0) is 13.8. The maximum absolute atomic E-state index is 13.5. The van der Waals surface area contributed by atoms with Crippen LogP contribution in [0.15, 0.2) is 46.9 Å². The standard InChI is InChI=1S/C16H17BrFN/c1-11-8-14(17)15(18)10-16(11)19-12(2)9-13-6-4-3-5-7-13/h3-8,10,12,19H,9H2,1-2H3. The van der Waals surface area contributed by atoms with Crippen molar-refractivity contribution < 1.29 is 4.39 Å². The molecule has 0 aliphatic carbocycles. The van der Waals surface area contributed by atoms with Crippen LogP contribution in [-0.2, 0) is 6.42 Å². The van der Waals surface area contributed by atoms with E-state index in [1.54, 1.807) is 12.1 Å². The van der Waals surface area contributed by atoms with Crippen LogP contribution in [0.25, 0.3) is 0 Å². The number of hydrogen-bond acceptors (Lipinski definition) is 1. The fraction of sp³-hybridized carbons (Fsp3) is 0.250. The lowest BCUT2D eigenvalue weighted by Crippen LogP contribution is -2.18. The average Bonchev–Trinajstić information content (AvgIpc) is 2.37. The normalized spacial score (nSPS) is 12.2. The molecule has 0 saturated heterocycles. The molecule has 0 aliphatic rings. The molecule has 2 aromatic carbocycles. The number of halogens is 2. The van der Waals surface area contributed by atoms with Gasteiger partial charge in [-0.15, -0.1) is 0 Å². The van der Waals surface area contributed by atoms with Crippen molar-refractivity contribution in [3.8, 4) is 0 Å². The zero-order valence-electron chi connectivity index (χ0n) is 11.1. The quantitative estimate of drug-likeness (QED) is 0.841. The predicted molar refractivity (Wildman–Crippen MR) is 82.1 cm³/mol. The van der Waals surface area contributed by atoms with Gasteiger partial charge in [-0.2, -0.15) is 0 Å². The Bertz CT molecular complexity index is 554. The molecule has 0 amide bonds. The van der Waals surface area contributed by atoms with Crippen LogP contribution in [0.1, 0.15) is 18.1 Å². The summed E-state index contributed by atoms with van der Waals surface area (Å²) in [6.07, 6.45) is 0.915. The molecule has 0 bridgehead atoms. The Balaban J connectivity index is 2.07. The number of nitrogens with one attached hydrogen (secondary N) is 1. The lowest BCUT2D eigenvalue weighted by molar-refractivity contribution is 0.620. The minimum Gasteiger partial charge on any atom is -0.382 e. The molecular formula is C16H17BrFN. The maximum atomic E-state index is 13.5. The third-order valence-electron chi connectivity index (χ3n) is 3.05. The molecule has 0 saturated carbocycles. The van der Waals surface area contributed by atoms with Crippen LogP contribution >= 0.6 is 15.9 Å². The van der Waals surface area contributed by atoms with E-state index in [1.165, 1.54) is 5.56 Å². The fourth-order valence-corrected chi connectivity index (χ4v) is 2.54. The first-order chi connectivity index (χ1) is 9.06. The minimum absolute atomic E-state index is 0.236. The van der Waals surface area contributed by atoms with Crippen LogP contribution in [-0.4, -0.2) is 6.04 Å². The Labute approximate surface area is 122 Å². The summed E-state index contributed by atoms with van der Waals surface area (Å²) < 4.78 is 14.1. The number of rotatable bonds is 4. The van der Waals surface area contributed by atoms with E-state index < -0.39 is 0 Å². The van der Waals surface area contributed by atoms with Crippen molar-refractivity contribution in [2.45, 2.75) is 26.3 Å². The van der Waals surface area contributed by atoms with Gasteiger partial charge in [-0.05, 0) is 59.5 Å². The van der Waals surface area contributed by atoms with Crippen LogP contribution < -0.4 is 5.32 Å². The zero-order valence-corrected chi connectivity index (χ0v) is 12.7. The van der Waals surface area contributed by atoms with E-state index in [4.69, 9.17) is 0 Å². The van der Waals surface area contributed by atoms with E-state index in [9.17, 15) is 4.39 Å². The fourth-order valence-electron chi connectivity index (χ4n) is 2.09. The highest BCUT2D eigenvalue weighted by Crippen LogP contribution is 2.24. The molecule has 19 heavy (non-hydrogen) atoms. The van der Waals surface area contributed by atoms with Gasteiger partial charge in [0, 0.05) is 11.7 Å². The molecule has 1 unspecified atom stereocenters. The van der Waals surface area contributed by atoms with Gasteiger partial charge < -0.3 is 5.32 Å². The molecule has 0 aromatic heterocycles. The molecule has 0 fully saturated rings. The smallest absolute Gasteiger partial charge is 0.139 e. The van der Waals surface area contributed by atoms with E-state index >= 15 is 0 Å². The molecule has 1 nitrogen and oxygen atoms in total. The van der Waals surface area contributed by atoms with Crippen molar-refractivity contribution in [2.24, 2.45) is 0 Å². The monoisotopic (exact) mass is 321 g/mol. The summed E-state index contributed by atoms with van der Waals surface area (Å²) in [4.78, 5) is 0. The molecular weight excluding hydrogens is 305 g/mol. The number of anilines is 1. The predicted octanol–water partition coefficient (Wildman–Crippen LogP) is 4.94. The van der Waals surface area contributed by atoms with Crippen molar-refractivity contribution in [2.75, 3.05) is 5.32 Å².